The Morgan fingerprint density at radius 3 is 2.46 bits per heavy atom. The Labute approximate surface area is 236 Å². The number of nitrogens with zero attached hydrogens (tertiary/aromatic N) is 3. The minimum absolute atomic E-state index is 0.0582. The Morgan fingerprint density at radius 2 is 1.78 bits per heavy atom. The topological polar surface area (TPSA) is 167 Å². The van der Waals surface area contributed by atoms with E-state index >= 15 is 0 Å². The Hall–Kier alpha value is -4.74. The predicted octanol–water partition coefficient (Wildman–Crippen LogP) is 3.57. The van der Waals surface area contributed by atoms with Gasteiger partial charge in [0.05, 0.1) is 17.9 Å². The number of rotatable bonds is 9. The number of anilines is 1. The van der Waals surface area contributed by atoms with E-state index in [0.29, 0.717) is 48.9 Å². The number of nitrogens with one attached hydrogen (secondary N) is 3. The van der Waals surface area contributed by atoms with Gasteiger partial charge in [-0.15, -0.1) is 0 Å². The summed E-state index contributed by atoms with van der Waals surface area (Å²) in [6.45, 7) is 2.32. The summed E-state index contributed by atoms with van der Waals surface area (Å²) >= 11 is 0. The van der Waals surface area contributed by atoms with Crippen LogP contribution in [0.3, 0.4) is 0 Å². The number of likely N-dealkylation sites (tertiary alicyclic amines) is 1. The second-order valence-corrected chi connectivity index (χ2v) is 10.5. The Balaban J connectivity index is 1.34. The molecule has 12 heteroatoms. The van der Waals surface area contributed by atoms with Crippen molar-refractivity contribution >= 4 is 29.5 Å². The van der Waals surface area contributed by atoms with Gasteiger partial charge in [0, 0.05) is 36.8 Å². The van der Waals surface area contributed by atoms with Crippen LogP contribution in [0.25, 0.3) is 0 Å². The van der Waals surface area contributed by atoms with Gasteiger partial charge in [0.25, 0.3) is 11.8 Å². The molecular weight excluding hydrogens is 528 g/mol. The number of hydrogen-bond donors (Lipinski definition) is 4. The number of benzene rings is 1. The molecule has 2 aromatic heterocycles. The van der Waals surface area contributed by atoms with Crippen LogP contribution in [-0.4, -0.2) is 63.1 Å². The van der Waals surface area contributed by atoms with E-state index in [1.54, 1.807) is 53.7 Å². The van der Waals surface area contributed by atoms with E-state index in [9.17, 15) is 19.2 Å². The maximum absolute atomic E-state index is 13.3. The normalized spacial score (nSPS) is 16.9. The van der Waals surface area contributed by atoms with Gasteiger partial charge in [-0.25, -0.2) is 4.79 Å². The van der Waals surface area contributed by atoms with Gasteiger partial charge in [-0.05, 0) is 68.4 Å². The number of carbonyl (C=O) groups excluding carboxylic acids is 3. The van der Waals surface area contributed by atoms with E-state index in [1.807, 2.05) is 6.07 Å². The Morgan fingerprint density at radius 1 is 1.00 bits per heavy atom. The van der Waals surface area contributed by atoms with E-state index in [4.69, 9.17) is 9.63 Å². The molecule has 41 heavy (non-hydrogen) atoms. The largest absolute Gasteiger partial charge is 0.465 e. The Kier molecular flexibility index (Phi) is 8.27. The molecule has 3 aromatic rings. The third-order valence-corrected chi connectivity index (χ3v) is 7.49. The molecule has 2 fully saturated rings. The molecule has 1 aliphatic heterocycles. The molecule has 1 saturated carbocycles. The van der Waals surface area contributed by atoms with Crippen molar-refractivity contribution in [2.75, 3.05) is 18.4 Å². The van der Waals surface area contributed by atoms with E-state index < -0.39 is 18.2 Å². The summed E-state index contributed by atoms with van der Waals surface area (Å²) in [6.07, 6.45) is 5.08. The van der Waals surface area contributed by atoms with Crippen molar-refractivity contribution in [2.45, 2.75) is 50.6 Å². The van der Waals surface area contributed by atoms with Crippen LogP contribution < -0.4 is 16.0 Å². The molecule has 5 rings (SSSR count). The molecule has 214 valence electrons. The number of piperidine rings is 1. The second kappa shape index (κ2) is 12.2. The maximum Gasteiger partial charge on any atom is 0.405 e. The fourth-order valence-electron chi connectivity index (χ4n) is 5.13. The highest BCUT2D eigenvalue weighted by molar-refractivity contribution is 6.04. The van der Waals surface area contributed by atoms with Crippen LogP contribution in [0, 0.1) is 5.92 Å². The summed E-state index contributed by atoms with van der Waals surface area (Å²) in [5.74, 6) is -0.0243. The fourth-order valence-corrected chi connectivity index (χ4v) is 5.13. The van der Waals surface area contributed by atoms with Crippen molar-refractivity contribution in [2.24, 2.45) is 5.92 Å². The second-order valence-electron chi connectivity index (χ2n) is 10.5. The van der Waals surface area contributed by atoms with Crippen LogP contribution in [0.4, 0.5) is 10.5 Å². The summed E-state index contributed by atoms with van der Waals surface area (Å²) < 4.78 is 5.38. The lowest BCUT2D eigenvalue weighted by Crippen LogP contribution is -2.50. The third kappa shape index (κ3) is 6.89. The lowest BCUT2D eigenvalue weighted by Gasteiger charge is -2.37. The van der Waals surface area contributed by atoms with Gasteiger partial charge in [0.2, 0.25) is 5.91 Å². The van der Waals surface area contributed by atoms with Crippen molar-refractivity contribution in [3.63, 3.8) is 0 Å². The monoisotopic (exact) mass is 560 g/mol. The smallest absolute Gasteiger partial charge is 0.405 e. The van der Waals surface area contributed by atoms with Gasteiger partial charge >= 0.3 is 6.09 Å². The number of carbonyl (C=O) groups is 4. The number of pyridine rings is 1. The molecule has 3 heterocycles. The highest BCUT2D eigenvalue weighted by atomic mass is 16.5. The molecule has 2 unspecified atom stereocenters. The van der Waals surface area contributed by atoms with Crippen LogP contribution in [0.15, 0.2) is 59.4 Å². The minimum atomic E-state index is -1.26. The molecule has 2 aliphatic rings. The molecule has 1 aliphatic carbocycles. The molecule has 2 atom stereocenters. The van der Waals surface area contributed by atoms with Crippen molar-refractivity contribution in [1.82, 2.24) is 25.7 Å². The SMILES string of the molecule is CC(NC(=O)O)C(=O)N1CCC(C(NC(=O)c2cc(C3CC3)on2)c2cccc(C(=O)Nc3cccnc3)c2)CC1. The van der Waals surface area contributed by atoms with Gasteiger partial charge in [0.15, 0.2) is 5.69 Å². The third-order valence-electron chi connectivity index (χ3n) is 7.49. The molecule has 4 amide bonds. The summed E-state index contributed by atoms with van der Waals surface area (Å²) in [5, 5.41) is 21.1. The van der Waals surface area contributed by atoms with Crippen LogP contribution in [0.1, 0.15) is 76.7 Å². The average molecular weight is 561 g/mol. The van der Waals surface area contributed by atoms with E-state index in [1.165, 1.54) is 6.92 Å². The number of amides is 4. The van der Waals surface area contributed by atoms with Crippen LogP contribution >= 0.6 is 0 Å². The molecule has 1 saturated heterocycles. The highest BCUT2D eigenvalue weighted by Gasteiger charge is 2.34. The first kappa shape index (κ1) is 27.8. The van der Waals surface area contributed by atoms with E-state index in [0.717, 1.165) is 18.4 Å². The summed E-state index contributed by atoms with van der Waals surface area (Å²) in [7, 11) is 0. The van der Waals surface area contributed by atoms with Crippen molar-refractivity contribution in [3.8, 4) is 0 Å². The molecule has 4 N–H and O–H groups in total. The minimum Gasteiger partial charge on any atom is -0.465 e. The maximum atomic E-state index is 13.3. The first-order valence-electron chi connectivity index (χ1n) is 13.7. The van der Waals surface area contributed by atoms with Gasteiger partial charge in [-0.3, -0.25) is 19.4 Å². The standard InChI is InChI=1S/C29H32N6O6/c1-17(31-29(39)40)28(38)35-12-9-19(10-13-35)25(33-27(37)23-15-24(41-34-23)18-7-8-18)20-4-2-5-21(14-20)26(36)32-22-6-3-11-30-16-22/h2-6,11,14-19,25,31H,7-10,12-13H2,1H3,(H,32,36)(H,33,37)(H,39,40). The van der Waals surface area contributed by atoms with E-state index in [2.05, 4.69) is 26.1 Å². The molecular formula is C29H32N6O6. The van der Waals surface area contributed by atoms with Crippen LogP contribution in [0.5, 0.6) is 0 Å². The van der Waals surface area contributed by atoms with Gasteiger partial charge < -0.3 is 30.5 Å². The highest BCUT2D eigenvalue weighted by Crippen LogP contribution is 2.40. The zero-order chi connectivity index (χ0) is 28.9. The van der Waals surface area contributed by atoms with Gasteiger partial charge in [-0.2, -0.15) is 0 Å². The van der Waals surface area contributed by atoms with Crippen molar-refractivity contribution in [1.29, 1.82) is 0 Å². The lowest BCUT2D eigenvalue weighted by molar-refractivity contribution is -0.134. The Bertz CT molecular complexity index is 1410. The quantitative estimate of drug-likeness (QED) is 0.308. The number of aromatic nitrogens is 2. The zero-order valence-electron chi connectivity index (χ0n) is 22.6. The molecule has 0 spiro atoms. The molecule has 12 nitrogen and oxygen atoms in total. The molecule has 1 aromatic carbocycles. The van der Waals surface area contributed by atoms with Crippen molar-refractivity contribution in [3.05, 3.63) is 77.4 Å². The lowest BCUT2D eigenvalue weighted by atomic mass is 9.84. The predicted molar refractivity (Wildman–Crippen MR) is 147 cm³/mol. The number of carboxylic acid groups (broad SMARTS) is 1. The van der Waals surface area contributed by atoms with E-state index in [-0.39, 0.29) is 29.3 Å². The first-order valence-corrected chi connectivity index (χ1v) is 13.7. The van der Waals surface area contributed by atoms with Gasteiger partial charge in [-0.1, -0.05) is 17.3 Å². The summed E-state index contributed by atoms with van der Waals surface area (Å²) in [4.78, 5) is 55.7. The molecule has 0 radical (unpaired) electrons. The van der Waals surface area contributed by atoms with Gasteiger partial charge in [0.1, 0.15) is 11.8 Å². The van der Waals surface area contributed by atoms with Crippen molar-refractivity contribution < 1.29 is 28.8 Å². The summed E-state index contributed by atoms with van der Waals surface area (Å²) in [5.41, 5.74) is 1.93. The summed E-state index contributed by atoms with van der Waals surface area (Å²) in [6, 6.07) is 10.9. The fraction of sp³-hybridized carbons (Fsp3) is 0.379. The molecule has 0 bridgehead atoms. The average Bonchev–Trinajstić information content (AvgIpc) is 3.71. The van der Waals surface area contributed by atoms with Crippen LogP contribution in [-0.2, 0) is 4.79 Å². The number of hydrogen-bond acceptors (Lipinski definition) is 7. The zero-order valence-corrected chi connectivity index (χ0v) is 22.6. The van der Waals surface area contributed by atoms with Crippen LogP contribution in [0.2, 0.25) is 0 Å². The first-order chi connectivity index (χ1) is 19.8.